The predicted molar refractivity (Wildman–Crippen MR) is 137 cm³/mol. The molecule has 1 N–H and O–H groups in total. The van der Waals surface area contributed by atoms with Gasteiger partial charge in [-0.15, -0.1) is 0 Å². The topological polar surface area (TPSA) is 62.5 Å². The number of aryl methyl sites for hydroxylation is 4. The van der Waals surface area contributed by atoms with Crippen molar-refractivity contribution in [1.29, 1.82) is 0 Å². The van der Waals surface area contributed by atoms with E-state index >= 15 is 0 Å². The zero-order chi connectivity index (χ0) is 23.8. The molecule has 0 spiro atoms. The second-order valence-electron chi connectivity index (χ2n) is 9.49. The maximum absolute atomic E-state index is 12.9. The number of aromatic nitrogens is 3. The fraction of sp³-hybridized carbons (Fsp3) is 0.321. The number of piperidine rings is 1. The zero-order valence-electron chi connectivity index (χ0n) is 20.3. The molecule has 4 aromatic rings. The van der Waals surface area contributed by atoms with Gasteiger partial charge in [0.05, 0.1) is 5.69 Å². The van der Waals surface area contributed by atoms with Crippen LogP contribution in [0.4, 0.5) is 11.5 Å². The first-order valence-corrected chi connectivity index (χ1v) is 11.9. The minimum Gasteiger partial charge on any atom is -0.356 e. The molecule has 0 radical (unpaired) electrons. The number of carbonyl (C=O) groups is 1. The third-order valence-electron chi connectivity index (χ3n) is 6.71. The molecule has 6 nitrogen and oxygen atoms in total. The molecule has 1 aliphatic rings. The SMILES string of the molecule is Cc1ccc(-c2cc3nc(C)cc(N4CCC(C(=O)Nc5ccc(C)cc5C)CC4)n3n2)cc1. The zero-order valence-corrected chi connectivity index (χ0v) is 20.3. The number of rotatable bonds is 4. The molecule has 3 heterocycles. The minimum atomic E-state index is 0.0103. The van der Waals surface area contributed by atoms with Gasteiger partial charge in [0.25, 0.3) is 0 Å². The molecule has 0 atom stereocenters. The number of anilines is 2. The molecule has 34 heavy (non-hydrogen) atoms. The highest BCUT2D eigenvalue weighted by Crippen LogP contribution is 2.28. The lowest BCUT2D eigenvalue weighted by Gasteiger charge is -2.33. The quantitative estimate of drug-likeness (QED) is 0.444. The first-order valence-electron chi connectivity index (χ1n) is 11.9. The van der Waals surface area contributed by atoms with Gasteiger partial charge in [-0.05, 0) is 52.2 Å². The number of hydrogen-bond donors (Lipinski definition) is 1. The van der Waals surface area contributed by atoms with Gasteiger partial charge < -0.3 is 10.2 Å². The molecule has 174 valence electrons. The van der Waals surface area contributed by atoms with Crippen molar-refractivity contribution in [1.82, 2.24) is 14.6 Å². The first-order chi connectivity index (χ1) is 16.4. The maximum atomic E-state index is 12.9. The van der Waals surface area contributed by atoms with Crippen LogP contribution in [0.25, 0.3) is 16.9 Å². The van der Waals surface area contributed by atoms with Crippen molar-refractivity contribution in [2.24, 2.45) is 5.92 Å². The third kappa shape index (κ3) is 4.40. The summed E-state index contributed by atoms with van der Waals surface area (Å²) in [5.41, 5.74) is 8.25. The molecule has 0 unspecified atom stereocenters. The Morgan fingerprint density at radius 1 is 0.912 bits per heavy atom. The Bertz CT molecular complexity index is 1350. The third-order valence-corrected chi connectivity index (χ3v) is 6.71. The van der Waals surface area contributed by atoms with E-state index in [1.54, 1.807) is 0 Å². The van der Waals surface area contributed by atoms with Crippen LogP contribution in [0, 0.1) is 33.6 Å². The number of hydrogen-bond acceptors (Lipinski definition) is 4. The lowest BCUT2D eigenvalue weighted by atomic mass is 9.95. The Kier molecular flexibility index (Phi) is 5.82. The molecular weight excluding hydrogens is 422 g/mol. The van der Waals surface area contributed by atoms with E-state index in [1.807, 2.05) is 36.6 Å². The molecule has 0 saturated carbocycles. The average Bonchev–Trinajstić information content (AvgIpc) is 3.25. The lowest BCUT2D eigenvalue weighted by Crippen LogP contribution is -2.39. The summed E-state index contributed by atoms with van der Waals surface area (Å²) >= 11 is 0. The van der Waals surface area contributed by atoms with Gasteiger partial charge in [-0.25, -0.2) is 4.98 Å². The van der Waals surface area contributed by atoms with Crippen LogP contribution < -0.4 is 10.2 Å². The van der Waals surface area contributed by atoms with Crippen molar-refractivity contribution in [3.05, 3.63) is 77.0 Å². The maximum Gasteiger partial charge on any atom is 0.227 e. The van der Waals surface area contributed by atoms with Crippen LogP contribution in [-0.2, 0) is 4.79 Å². The van der Waals surface area contributed by atoms with Gasteiger partial charge in [0.1, 0.15) is 5.82 Å². The number of nitrogens with one attached hydrogen (secondary N) is 1. The molecule has 0 bridgehead atoms. The fourth-order valence-corrected chi connectivity index (χ4v) is 4.73. The Morgan fingerprint density at radius 3 is 2.32 bits per heavy atom. The van der Waals surface area contributed by atoms with E-state index in [0.29, 0.717) is 0 Å². The van der Waals surface area contributed by atoms with E-state index in [4.69, 9.17) is 10.1 Å². The van der Waals surface area contributed by atoms with Crippen molar-refractivity contribution < 1.29 is 4.79 Å². The van der Waals surface area contributed by atoms with E-state index in [0.717, 1.165) is 65.6 Å². The van der Waals surface area contributed by atoms with Crippen LogP contribution in [0.5, 0.6) is 0 Å². The highest BCUT2D eigenvalue weighted by atomic mass is 16.1. The predicted octanol–water partition coefficient (Wildman–Crippen LogP) is 5.49. The standard InChI is InChI=1S/C28H31N5O/c1-18-5-8-22(9-6-18)25-17-26-29-21(4)16-27(33(26)31-25)32-13-11-23(12-14-32)28(34)30-24-10-7-19(2)15-20(24)3/h5-10,15-17,23H,11-14H2,1-4H3,(H,30,34). The van der Waals surface area contributed by atoms with Gasteiger partial charge in [0.15, 0.2) is 5.65 Å². The summed E-state index contributed by atoms with van der Waals surface area (Å²) in [5.74, 6) is 1.16. The number of fused-ring (bicyclic) bond motifs is 1. The van der Waals surface area contributed by atoms with E-state index in [2.05, 4.69) is 60.5 Å². The summed E-state index contributed by atoms with van der Waals surface area (Å²) in [6.07, 6.45) is 1.62. The largest absolute Gasteiger partial charge is 0.356 e. The van der Waals surface area contributed by atoms with Crippen LogP contribution in [0.15, 0.2) is 54.6 Å². The van der Waals surface area contributed by atoms with Crippen LogP contribution >= 0.6 is 0 Å². The molecule has 6 heteroatoms. The summed E-state index contributed by atoms with van der Waals surface area (Å²) in [6, 6.07) is 18.7. The van der Waals surface area contributed by atoms with E-state index in [1.165, 1.54) is 11.1 Å². The number of amides is 1. The van der Waals surface area contributed by atoms with Gasteiger partial charge in [0, 0.05) is 48.1 Å². The lowest BCUT2D eigenvalue weighted by molar-refractivity contribution is -0.120. The van der Waals surface area contributed by atoms with E-state index in [-0.39, 0.29) is 11.8 Å². The molecule has 1 fully saturated rings. The molecule has 1 amide bonds. The average molecular weight is 454 g/mol. The monoisotopic (exact) mass is 453 g/mol. The fourth-order valence-electron chi connectivity index (χ4n) is 4.73. The Balaban J connectivity index is 1.33. The molecule has 1 aliphatic heterocycles. The second-order valence-corrected chi connectivity index (χ2v) is 9.49. The normalized spacial score (nSPS) is 14.5. The van der Waals surface area contributed by atoms with E-state index < -0.39 is 0 Å². The first kappa shape index (κ1) is 22.1. The van der Waals surface area contributed by atoms with Gasteiger partial charge >= 0.3 is 0 Å². The highest BCUT2D eigenvalue weighted by Gasteiger charge is 2.27. The number of benzene rings is 2. The van der Waals surface area contributed by atoms with E-state index in [9.17, 15) is 4.79 Å². The molecule has 0 aliphatic carbocycles. The Labute approximate surface area is 200 Å². The van der Waals surface area contributed by atoms with Gasteiger partial charge in [0.2, 0.25) is 5.91 Å². The molecule has 5 rings (SSSR count). The molecule has 1 saturated heterocycles. The van der Waals surface area contributed by atoms with Gasteiger partial charge in [-0.3, -0.25) is 4.79 Å². The Morgan fingerprint density at radius 2 is 1.62 bits per heavy atom. The van der Waals surface area contributed by atoms with Crippen molar-refractivity contribution >= 4 is 23.1 Å². The molecule has 2 aromatic heterocycles. The van der Waals surface area contributed by atoms with Crippen molar-refractivity contribution in [3.63, 3.8) is 0 Å². The van der Waals surface area contributed by atoms with Crippen LogP contribution in [0.1, 0.15) is 35.2 Å². The molecule has 2 aromatic carbocycles. The summed E-state index contributed by atoms with van der Waals surface area (Å²) < 4.78 is 1.94. The van der Waals surface area contributed by atoms with Crippen molar-refractivity contribution in [2.45, 2.75) is 40.5 Å². The summed E-state index contributed by atoms with van der Waals surface area (Å²) in [4.78, 5) is 20.0. The summed E-state index contributed by atoms with van der Waals surface area (Å²) in [6.45, 7) is 9.83. The minimum absolute atomic E-state index is 0.0103. The van der Waals surface area contributed by atoms with Crippen LogP contribution in [0.3, 0.4) is 0 Å². The summed E-state index contributed by atoms with van der Waals surface area (Å²) in [7, 11) is 0. The van der Waals surface area contributed by atoms with Gasteiger partial charge in [-0.1, -0.05) is 47.5 Å². The van der Waals surface area contributed by atoms with Crippen molar-refractivity contribution in [3.8, 4) is 11.3 Å². The second kappa shape index (κ2) is 8.93. The number of carbonyl (C=O) groups excluding carboxylic acids is 1. The summed E-state index contributed by atoms with van der Waals surface area (Å²) in [5, 5.41) is 8.03. The smallest absolute Gasteiger partial charge is 0.227 e. The molecular formula is C28H31N5O. The Hall–Kier alpha value is -3.67. The number of nitrogens with zero attached hydrogens (tertiary/aromatic N) is 4. The van der Waals surface area contributed by atoms with Crippen molar-refractivity contribution in [2.75, 3.05) is 23.3 Å². The van der Waals surface area contributed by atoms with Crippen LogP contribution in [0.2, 0.25) is 0 Å². The van der Waals surface area contributed by atoms with Crippen LogP contribution in [-0.4, -0.2) is 33.6 Å². The van der Waals surface area contributed by atoms with Gasteiger partial charge in [-0.2, -0.15) is 9.61 Å². The highest BCUT2D eigenvalue weighted by molar-refractivity contribution is 5.93.